The normalized spacial score (nSPS) is 28.5. The van der Waals surface area contributed by atoms with Crippen LogP contribution < -0.4 is 0 Å². The number of aliphatic hydroxyl groups excluding tert-OH is 1. The van der Waals surface area contributed by atoms with Crippen LogP contribution in [0.15, 0.2) is 0 Å². The molecule has 1 unspecified atom stereocenters. The third kappa shape index (κ3) is 3.14. The number of rotatable bonds is 4. The van der Waals surface area contributed by atoms with Gasteiger partial charge in [-0.25, -0.2) is 9.18 Å². The van der Waals surface area contributed by atoms with Crippen molar-refractivity contribution >= 4 is 5.97 Å². The maximum atomic E-state index is 14.1. The SMILES string of the molecule is CCOC(=O)C(C)(F)[C@H](O)[C@H]1COC(C)(C)O1. The molecule has 0 aromatic carbocycles. The second-order valence-corrected chi connectivity index (χ2v) is 4.61. The Morgan fingerprint density at radius 1 is 1.71 bits per heavy atom. The molecule has 0 amide bonds. The van der Waals surface area contributed by atoms with Crippen LogP contribution in [0, 0.1) is 0 Å². The van der Waals surface area contributed by atoms with Crippen LogP contribution in [0.5, 0.6) is 0 Å². The molecule has 0 aromatic heterocycles. The van der Waals surface area contributed by atoms with E-state index in [9.17, 15) is 14.3 Å². The van der Waals surface area contributed by atoms with Gasteiger partial charge in [0.05, 0.1) is 13.2 Å². The minimum Gasteiger partial charge on any atom is -0.464 e. The van der Waals surface area contributed by atoms with Gasteiger partial charge in [0.25, 0.3) is 0 Å². The van der Waals surface area contributed by atoms with Crippen molar-refractivity contribution in [3.63, 3.8) is 0 Å². The van der Waals surface area contributed by atoms with Gasteiger partial charge in [-0.05, 0) is 27.7 Å². The number of ether oxygens (including phenoxy) is 3. The molecule has 1 aliphatic heterocycles. The Labute approximate surface area is 99.8 Å². The number of carbonyl (C=O) groups excluding carboxylic acids is 1. The van der Waals surface area contributed by atoms with E-state index >= 15 is 0 Å². The first-order valence-electron chi connectivity index (χ1n) is 5.56. The topological polar surface area (TPSA) is 65.0 Å². The van der Waals surface area contributed by atoms with Crippen molar-refractivity contribution in [2.75, 3.05) is 13.2 Å². The Kier molecular flexibility index (Phi) is 4.11. The second kappa shape index (κ2) is 4.88. The first kappa shape index (κ1) is 14.3. The zero-order valence-corrected chi connectivity index (χ0v) is 10.5. The van der Waals surface area contributed by atoms with Crippen molar-refractivity contribution in [2.45, 2.75) is 51.4 Å². The maximum absolute atomic E-state index is 14.1. The molecule has 17 heavy (non-hydrogen) atoms. The highest BCUT2D eigenvalue weighted by atomic mass is 19.1. The zero-order valence-electron chi connectivity index (χ0n) is 10.5. The largest absolute Gasteiger partial charge is 0.464 e. The average Bonchev–Trinajstić information content (AvgIpc) is 2.58. The Balaban J connectivity index is 2.69. The number of carbonyl (C=O) groups is 1. The minimum absolute atomic E-state index is 0.0348. The molecule has 0 aliphatic carbocycles. The smallest absolute Gasteiger partial charge is 0.346 e. The third-order valence-electron chi connectivity index (χ3n) is 2.61. The number of esters is 1. The number of hydrogen-bond acceptors (Lipinski definition) is 5. The van der Waals surface area contributed by atoms with Crippen LogP contribution >= 0.6 is 0 Å². The van der Waals surface area contributed by atoms with Gasteiger partial charge in [0.15, 0.2) is 5.79 Å². The summed E-state index contributed by atoms with van der Waals surface area (Å²) in [4.78, 5) is 11.4. The zero-order chi connectivity index (χ0) is 13.3. The Morgan fingerprint density at radius 2 is 2.29 bits per heavy atom. The van der Waals surface area contributed by atoms with Crippen molar-refractivity contribution in [2.24, 2.45) is 0 Å². The van der Waals surface area contributed by atoms with Crippen molar-refractivity contribution in [3.8, 4) is 0 Å². The number of hydrogen-bond donors (Lipinski definition) is 1. The fourth-order valence-electron chi connectivity index (χ4n) is 1.61. The molecule has 0 bridgehead atoms. The molecule has 0 saturated carbocycles. The van der Waals surface area contributed by atoms with Crippen LogP contribution in [-0.4, -0.2) is 48.0 Å². The van der Waals surface area contributed by atoms with Crippen LogP contribution in [0.3, 0.4) is 0 Å². The van der Waals surface area contributed by atoms with Gasteiger partial charge >= 0.3 is 5.97 Å². The van der Waals surface area contributed by atoms with Gasteiger partial charge in [-0.15, -0.1) is 0 Å². The predicted octanol–water partition coefficient (Wildman–Crippen LogP) is 0.790. The molecule has 100 valence electrons. The molecule has 1 saturated heterocycles. The summed E-state index contributed by atoms with van der Waals surface area (Å²) in [7, 11) is 0. The van der Waals surface area contributed by atoms with E-state index in [-0.39, 0.29) is 13.2 Å². The first-order valence-corrected chi connectivity index (χ1v) is 5.56. The lowest BCUT2D eigenvalue weighted by molar-refractivity contribution is -0.183. The lowest BCUT2D eigenvalue weighted by atomic mass is 9.97. The molecular formula is C11H19FO5. The van der Waals surface area contributed by atoms with E-state index < -0.39 is 29.6 Å². The van der Waals surface area contributed by atoms with Gasteiger partial charge in [-0.2, -0.15) is 0 Å². The van der Waals surface area contributed by atoms with E-state index in [1.165, 1.54) is 0 Å². The highest BCUT2D eigenvalue weighted by Gasteiger charge is 2.50. The first-order chi connectivity index (χ1) is 7.70. The molecule has 0 radical (unpaired) electrons. The van der Waals surface area contributed by atoms with Gasteiger partial charge in [0, 0.05) is 0 Å². The molecule has 1 rings (SSSR count). The molecule has 5 nitrogen and oxygen atoms in total. The Hall–Kier alpha value is -0.720. The quantitative estimate of drug-likeness (QED) is 0.747. The fraction of sp³-hybridized carbons (Fsp3) is 0.909. The highest BCUT2D eigenvalue weighted by molar-refractivity contribution is 5.79. The molecule has 1 heterocycles. The molecule has 3 atom stereocenters. The Morgan fingerprint density at radius 3 is 2.71 bits per heavy atom. The van der Waals surface area contributed by atoms with Crippen LogP contribution in [0.4, 0.5) is 4.39 Å². The minimum atomic E-state index is -2.51. The van der Waals surface area contributed by atoms with E-state index in [4.69, 9.17) is 9.47 Å². The lowest BCUT2D eigenvalue weighted by Crippen LogP contribution is -2.51. The standard InChI is InChI=1S/C11H19FO5/c1-5-15-9(14)11(4,12)8(13)7-6-16-10(2,3)17-7/h7-8,13H,5-6H2,1-4H3/t7-,8-,11?/m1/s1. The lowest BCUT2D eigenvalue weighted by Gasteiger charge is -2.28. The van der Waals surface area contributed by atoms with Crippen LogP contribution in [-0.2, 0) is 19.0 Å². The predicted molar refractivity (Wildman–Crippen MR) is 57.1 cm³/mol. The second-order valence-electron chi connectivity index (χ2n) is 4.61. The van der Waals surface area contributed by atoms with Gasteiger partial charge in [0.2, 0.25) is 5.67 Å². The average molecular weight is 250 g/mol. The summed E-state index contributed by atoms with van der Waals surface area (Å²) >= 11 is 0. The van der Waals surface area contributed by atoms with E-state index in [1.807, 2.05) is 0 Å². The summed E-state index contributed by atoms with van der Waals surface area (Å²) in [5.41, 5.74) is -2.51. The van der Waals surface area contributed by atoms with Crippen molar-refractivity contribution < 1.29 is 28.5 Å². The van der Waals surface area contributed by atoms with Crippen LogP contribution in [0.1, 0.15) is 27.7 Å². The summed E-state index contributed by atoms with van der Waals surface area (Å²) in [5, 5.41) is 9.83. The van der Waals surface area contributed by atoms with E-state index in [0.29, 0.717) is 0 Å². The maximum Gasteiger partial charge on any atom is 0.346 e. The van der Waals surface area contributed by atoms with Crippen molar-refractivity contribution in [1.29, 1.82) is 0 Å². The fourth-order valence-corrected chi connectivity index (χ4v) is 1.61. The molecule has 6 heteroatoms. The molecule has 1 N–H and O–H groups in total. The highest BCUT2D eigenvalue weighted by Crippen LogP contribution is 2.30. The third-order valence-corrected chi connectivity index (χ3v) is 2.61. The number of aliphatic hydroxyl groups is 1. The monoisotopic (exact) mass is 250 g/mol. The number of alkyl halides is 1. The summed E-state index contributed by atoms with van der Waals surface area (Å²) < 4.78 is 29.2. The summed E-state index contributed by atoms with van der Waals surface area (Å²) in [5.74, 6) is -1.98. The van der Waals surface area contributed by atoms with Gasteiger partial charge in [-0.3, -0.25) is 0 Å². The summed E-state index contributed by atoms with van der Waals surface area (Å²) in [6.07, 6.45) is -2.51. The summed E-state index contributed by atoms with van der Waals surface area (Å²) in [6.45, 7) is 5.94. The van der Waals surface area contributed by atoms with Crippen molar-refractivity contribution in [1.82, 2.24) is 0 Å². The Bertz CT molecular complexity index is 290. The molecular weight excluding hydrogens is 231 g/mol. The van der Waals surface area contributed by atoms with Crippen molar-refractivity contribution in [3.05, 3.63) is 0 Å². The van der Waals surface area contributed by atoms with Crippen LogP contribution in [0.25, 0.3) is 0 Å². The van der Waals surface area contributed by atoms with Gasteiger partial charge in [0.1, 0.15) is 12.2 Å². The molecule has 1 fully saturated rings. The molecule has 0 aromatic rings. The molecule has 0 spiro atoms. The van der Waals surface area contributed by atoms with E-state index in [2.05, 4.69) is 4.74 Å². The summed E-state index contributed by atoms with van der Waals surface area (Å²) in [6, 6.07) is 0. The molecule has 1 aliphatic rings. The number of halogens is 1. The van der Waals surface area contributed by atoms with Gasteiger partial charge in [-0.1, -0.05) is 0 Å². The van der Waals surface area contributed by atoms with Crippen LogP contribution in [0.2, 0.25) is 0 Å². The van der Waals surface area contributed by atoms with E-state index in [0.717, 1.165) is 6.92 Å². The van der Waals surface area contributed by atoms with Gasteiger partial charge < -0.3 is 19.3 Å². The van der Waals surface area contributed by atoms with E-state index in [1.54, 1.807) is 20.8 Å².